The lowest BCUT2D eigenvalue weighted by Gasteiger charge is -2.30. The van der Waals surface area contributed by atoms with Gasteiger partial charge in [0.1, 0.15) is 12.1 Å². The van der Waals surface area contributed by atoms with Gasteiger partial charge in [0.2, 0.25) is 0 Å². The lowest BCUT2D eigenvalue weighted by Crippen LogP contribution is -2.40. The molecule has 0 spiro atoms. The zero-order chi connectivity index (χ0) is 14.4. The Morgan fingerprint density at radius 1 is 1.20 bits per heavy atom. The first-order chi connectivity index (χ1) is 8.91. The van der Waals surface area contributed by atoms with Gasteiger partial charge in [-0.25, -0.2) is 0 Å². The van der Waals surface area contributed by atoms with Crippen molar-refractivity contribution in [2.45, 2.75) is 71.6 Å². The van der Waals surface area contributed by atoms with Gasteiger partial charge in [-0.2, -0.15) is 0 Å². The topological polar surface area (TPSA) is 61.5 Å². The van der Waals surface area contributed by atoms with Crippen molar-refractivity contribution in [1.29, 1.82) is 0 Å². The molecule has 0 saturated heterocycles. The maximum absolute atomic E-state index is 11.6. The van der Waals surface area contributed by atoms with E-state index < -0.39 is 6.04 Å². The normalized spacial score (nSPS) is 20.3. The number of halogens is 1. The number of nitrogens with two attached hydrogens (primary N) is 1. The van der Waals surface area contributed by atoms with Crippen molar-refractivity contribution in [2.75, 3.05) is 6.61 Å². The van der Waals surface area contributed by atoms with Crippen LogP contribution in [-0.2, 0) is 14.3 Å². The molecule has 0 aliphatic heterocycles. The Morgan fingerprint density at radius 3 is 2.20 bits per heavy atom. The van der Waals surface area contributed by atoms with Crippen LogP contribution in [-0.4, -0.2) is 30.8 Å². The predicted molar refractivity (Wildman–Crippen MR) is 83.0 cm³/mol. The molecule has 5 heteroatoms. The molecule has 1 fully saturated rings. The summed E-state index contributed by atoms with van der Waals surface area (Å²) in [6.45, 7) is 8.54. The molecule has 0 aromatic rings. The fourth-order valence-electron chi connectivity index (χ4n) is 2.60. The van der Waals surface area contributed by atoms with E-state index in [1.165, 1.54) is 25.7 Å². The molecule has 0 radical (unpaired) electrons. The molecular formula is C15H30ClNO3. The first-order valence-corrected chi connectivity index (χ1v) is 7.49. The number of ether oxygens (including phenoxy) is 2. The summed E-state index contributed by atoms with van der Waals surface area (Å²) in [5.41, 5.74) is 5.54. The van der Waals surface area contributed by atoms with Gasteiger partial charge in [-0.15, -0.1) is 12.4 Å². The van der Waals surface area contributed by atoms with Crippen LogP contribution in [0, 0.1) is 11.8 Å². The van der Waals surface area contributed by atoms with Crippen LogP contribution in [0.25, 0.3) is 0 Å². The van der Waals surface area contributed by atoms with Crippen LogP contribution in [0.1, 0.15) is 53.4 Å². The number of carbonyl (C=O) groups is 1. The average Bonchev–Trinajstić information content (AvgIpc) is 2.82. The molecule has 1 aliphatic carbocycles. The molecule has 0 unspecified atom stereocenters. The molecule has 0 aromatic heterocycles. The molecule has 20 heavy (non-hydrogen) atoms. The Kier molecular flexibility index (Phi) is 9.43. The number of hydrogen-bond donors (Lipinski definition) is 1. The first-order valence-electron chi connectivity index (χ1n) is 7.49. The Bertz CT molecular complexity index is 278. The summed E-state index contributed by atoms with van der Waals surface area (Å²) < 4.78 is 11.4. The van der Waals surface area contributed by atoms with Crippen molar-refractivity contribution in [1.82, 2.24) is 0 Å². The first kappa shape index (κ1) is 19.7. The van der Waals surface area contributed by atoms with E-state index in [1.807, 2.05) is 6.92 Å². The summed E-state index contributed by atoms with van der Waals surface area (Å²) in [6.07, 6.45) is 4.62. The highest BCUT2D eigenvalue weighted by atomic mass is 35.5. The van der Waals surface area contributed by atoms with Gasteiger partial charge in [-0.3, -0.25) is 4.79 Å². The van der Waals surface area contributed by atoms with Gasteiger partial charge in [0.25, 0.3) is 0 Å². The second-order valence-corrected chi connectivity index (χ2v) is 6.17. The van der Waals surface area contributed by atoms with Gasteiger partial charge in [0.15, 0.2) is 0 Å². The molecule has 3 atom stereocenters. The van der Waals surface area contributed by atoms with Crippen molar-refractivity contribution < 1.29 is 14.3 Å². The van der Waals surface area contributed by atoms with Gasteiger partial charge in [-0.05, 0) is 38.5 Å². The third kappa shape index (κ3) is 6.42. The highest BCUT2D eigenvalue weighted by molar-refractivity contribution is 5.85. The van der Waals surface area contributed by atoms with Gasteiger partial charge in [-0.1, -0.05) is 26.7 Å². The summed E-state index contributed by atoms with van der Waals surface area (Å²) in [6, 6.07) is -0.572. The van der Waals surface area contributed by atoms with Crippen LogP contribution in [0.15, 0.2) is 0 Å². The zero-order valence-electron chi connectivity index (χ0n) is 13.1. The molecule has 1 rings (SSSR count). The quantitative estimate of drug-likeness (QED) is 0.735. The van der Waals surface area contributed by atoms with Crippen LogP contribution in [0.4, 0.5) is 0 Å². The van der Waals surface area contributed by atoms with Gasteiger partial charge < -0.3 is 15.2 Å². The van der Waals surface area contributed by atoms with E-state index in [2.05, 4.69) is 13.8 Å². The van der Waals surface area contributed by atoms with Crippen LogP contribution in [0.3, 0.4) is 0 Å². The third-order valence-electron chi connectivity index (χ3n) is 3.62. The second kappa shape index (κ2) is 9.59. The Hall–Kier alpha value is -0.320. The van der Waals surface area contributed by atoms with E-state index in [0.29, 0.717) is 18.4 Å². The maximum Gasteiger partial charge on any atom is 0.322 e. The fraction of sp³-hybridized carbons (Fsp3) is 0.933. The summed E-state index contributed by atoms with van der Waals surface area (Å²) in [4.78, 5) is 11.6. The molecule has 0 bridgehead atoms. The van der Waals surface area contributed by atoms with Crippen molar-refractivity contribution >= 4 is 18.4 Å². The molecule has 0 heterocycles. The molecule has 0 aromatic carbocycles. The summed E-state index contributed by atoms with van der Waals surface area (Å²) >= 11 is 0. The monoisotopic (exact) mass is 307 g/mol. The Balaban J connectivity index is 0.00000361. The molecule has 1 saturated carbocycles. The van der Waals surface area contributed by atoms with E-state index >= 15 is 0 Å². The van der Waals surface area contributed by atoms with Crippen molar-refractivity contribution in [3.63, 3.8) is 0 Å². The van der Waals surface area contributed by atoms with Gasteiger partial charge in [0.05, 0.1) is 6.10 Å². The minimum Gasteiger partial charge on any atom is -0.459 e. The minimum atomic E-state index is -0.572. The van der Waals surface area contributed by atoms with E-state index in [-0.39, 0.29) is 30.6 Å². The lowest BCUT2D eigenvalue weighted by molar-refractivity contribution is -0.161. The zero-order valence-corrected chi connectivity index (χ0v) is 13.9. The fourth-order valence-corrected chi connectivity index (χ4v) is 2.60. The van der Waals surface area contributed by atoms with Crippen molar-refractivity contribution in [3.8, 4) is 0 Å². The molecule has 4 nitrogen and oxygen atoms in total. The third-order valence-corrected chi connectivity index (χ3v) is 3.62. The predicted octanol–water partition coefficient (Wildman–Crippen LogP) is 2.92. The number of esters is 1. The molecule has 120 valence electrons. The maximum atomic E-state index is 11.6. The van der Waals surface area contributed by atoms with E-state index in [0.717, 1.165) is 0 Å². The summed E-state index contributed by atoms with van der Waals surface area (Å²) in [5, 5.41) is 0. The highest BCUT2D eigenvalue weighted by Crippen LogP contribution is 2.32. The van der Waals surface area contributed by atoms with Gasteiger partial charge in [0, 0.05) is 6.61 Å². The smallest absolute Gasteiger partial charge is 0.322 e. The summed E-state index contributed by atoms with van der Waals surface area (Å²) in [7, 11) is 0. The average molecular weight is 308 g/mol. The Morgan fingerprint density at radius 2 is 1.75 bits per heavy atom. The standard InChI is InChI=1S/C15H29NO3.ClH/c1-10(2)9-18-14(13-7-5-6-8-13)12(4)19-15(17)11(3)16;/h10-14H,5-9,16H2,1-4H3;1H/t11-,12-,14-;/m0./s1. The number of rotatable bonds is 7. The lowest BCUT2D eigenvalue weighted by atomic mass is 9.96. The minimum absolute atomic E-state index is 0. The summed E-state index contributed by atoms with van der Waals surface area (Å²) in [5.74, 6) is 0.651. The number of hydrogen-bond acceptors (Lipinski definition) is 4. The van der Waals surface area contributed by atoms with Crippen LogP contribution < -0.4 is 5.73 Å². The van der Waals surface area contributed by atoms with E-state index in [4.69, 9.17) is 15.2 Å². The van der Waals surface area contributed by atoms with Crippen molar-refractivity contribution in [3.05, 3.63) is 0 Å². The second-order valence-electron chi connectivity index (χ2n) is 6.17. The van der Waals surface area contributed by atoms with Crippen LogP contribution in [0.2, 0.25) is 0 Å². The number of carbonyl (C=O) groups excluding carboxylic acids is 1. The molecule has 1 aliphatic rings. The highest BCUT2D eigenvalue weighted by Gasteiger charge is 2.32. The van der Waals surface area contributed by atoms with Crippen molar-refractivity contribution in [2.24, 2.45) is 17.6 Å². The molecular weight excluding hydrogens is 278 g/mol. The molecule has 2 N–H and O–H groups in total. The molecule has 0 amide bonds. The van der Waals surface area contributed by atoms with Crippen LogP contribution in [0.5, 0.6) is 0 Å². The Labute approximate surface area is 129 Å². The van der Waals surface area contributed by atoms with E-state index in [1.54, 1.807) is 6.92 Å². The largest absolute Gasteiger partial charge is 0.459 e. The van der Waals surface area contributed by atoms with Gasteiger partial charge >= 0.3 is 5.97 Å². The van der Waals surface area contributed by atoms with Crippen LogP contribution >= 0.6 is 12.4 Å². The SMILES string of the molecule is CC(C)CO[C@H](C1CCCC1)[C@H](C)OC(=O)[C@H](C)N.Cl. The van der Waals surface area contributed by atoms with E-state index in [9.17, 15) is 4.79 Å².